The van der Waals surface area contributed by atoms with Crippen molar-refractivity contribution in [2.24, 2.45) is 0 Å². The van der Waals surface area contributed by atoms with E-state index in [0.717, 1.165) is 23.1 Å². The summed E-state index contributed by atoms with van der Waals surface area (Å²) in [5.41, 5.74) is 4.06. The second kappa shape index (κ2) is 4.63. The molecular formula is C15H14N2O. The van der Waals surface area contributed by atoms with Crippen LogP contribution in [0.25, 0.3) is 11.0 Å². The second-order valence-corrected chi connectivity index (χ2v) is 4.30. The Morgan fingerprint density at radius 2 is 1.83 bits per heavy atom. The van der Waals surface area contributed by atoms with Gasteiger partial charge in [0, 0.05) is 12.1 Å². The maximum Gasteiger partial charge on any atom is 0.0961 e. The van der Waals surface area contributed by atoms with Crippen LogP contribution in [-0.4, -0.2) is 14.7 Å². The van der Waals surface area contributed by atoms with Crippen LogP contribution in [0.15, 0.2) is 54.9 Å². The molecule has 0 saturated carbocycles. The summed E-state index contributed by atoms with van der Waals surface area (Å²) in [5, 5.41) is 9.29. The maximum absolute atomic E-state index is 9.29. The van der Waals surface area contributed by atoms with Crippen LogP contribution < -0.4 is 0 Å². The Morgan fingerprint density at radius 3 is 2.61 bits per heavy atom. The normalized spacial score (nSPS) is 10.9. The molecule has 0 fully saturated rings. The number of para-hydroxylation sites is 1. The number of hydrogen-bond donors (Lipinski definition) is 1. The molecule has 0 unspecified atom stereocenters. The highest BCUT2D eigenvalue weighted by molar-refractivity contribution is 5.78. The topological polar surface area (TPSA) is 38.1 Å². The minimum atomic E-state index is 0.0275. The Bertz CT molecular complexity index is 659. The third-order valence-electron chi connectivity index (χ3n) is 3.10. The highest BCUT2D eigenvalue weighted by Gasteiger charge is 2.06. The predicted molar refractivity (Wildman–Crippen MR) is 71.2 cm³/mol. The van der Waals surface area contributed by atoms with E-state index in [4.69, 9.17) is 0 Å². The Morgan fingerprint density at radius 1 is 1.00 bits per heavy atom. The van der Waals surface area contributed by atoms with E-state index in [2.05, 4.69) is 21.7 Å². The van der Waals surface area contributed by atoms with Crippen molar-refractivity contribution in [1.29, 1.82) is 0 Å². The molecular weight excluding hydrogens is 224 g/mol. The van der Waals surface area contributed by atoms with Gasteiger partial charge in [-0.05, 0) is 11.6 Å². The first-order chi connectivity index (χ1) is 8.88. The van der Waals surface area contributed by atoms with Gasteiger partial charge in [0.1, 0.15) is 0 Å². The second-order valence-electron chi connectivity index (χ2n) is 4.30. The molecule has 0 amide bonds. The number of benzene rings is 2. The van der Waals surface area contributed by atoms with Gasteiger partial charge in [0.2, 0.25) is 0 Å². The molecule has 1 aromatic heterocycles. The molecule has 0 saturated heterocycles. The van der Waals surface area contributed by atoms with Crippen molar-refractivity contribution in [3.8, 4) is 0 Å². The number of aromatic nitrogens is 2. The lowest BCUT2D eigenvalue weighted by Crippen LogP contribution is -1.97. The summed E-state index contributed by atoms with van der Waals surface area (Å²) in [7, 11) is 0. The quantitative estimate of drug-likeness (QED) is 0.761. The lowest BCUT2D eigenvalue weighted by Gasteiger charge is -2.05. The van der Waals surface area contributed by atoms with Crippen LogP contribution in [0.5, 0.6) is 0 Å². The minimum Gasteiger partial charge on any atom is -0.392 e. The van der Waals surface area contributed by atoms with E-state index >= 15 is 0 Å². The summed E-state index contributed by atoms with van der Waals surface area (Å²) in [6.45, 7) is 0.825. The molecule has 0 atom stereocenters. The van der Waals surface area contributed by atoms with Gasteiger partial charge in [-0.25, -0.2) is 4.98 Å². The van der Waals surface area contributed by atoms with E-state index in [9.17, 15) is 5.11 Å². The Kier molecular flexibility index (Phi) is 2.82. The number of nitrogens with zero attached hydrogens (tertiary/aromatic N) is 2. The zero-order valence-corrected chi connectivity index (χ0v) is 9.95. The first-order valence-corrected chi connectivity index (χ1v) is 5.96. The van der Waals surface area contributed by atoms with E-state index in [1.807, 2.05) is 42.7 Å². The van der Waals surface area contributed by atoms with Crippen LogP contribution in [0.2, 0.25) is 0 Å². The Labute approximate surface area is 105 Å². The zero-order chi connectivity index (χ0) is 12.4. The summed E-state index contributed by atoms with van der Waals surface area (Å²) in [5.74, 6) is 0. The molecule has 90 valence electrons. The fourth-order valence-electron chi connectivity index (χ4n) is 2.18. The molecule has 0 spiro atoms. The van der Waals surface area contributed by atoms with E-state index in [-0.39, 0.29) is 6.61 Å². The van der Waals surface area contributed by atoms with Crippen LogP contribution in [0.4, 0.5) is 0 Å². The first kappa shape index (κ1) is 11.0. The van der Waals surface area contributed by atoms with Gasteiger partial charge in [-0.3, -0.25) is 0 Å². The fourth-order valence-corrected chi connectivity index (χ4v) is 2.18. The predicted octanol–water partition coefficient (Wildman–Crippen LogP) is 2.58. The van der Waals surface area contributed by atoms with Gasteiger partial charge in [-0.1, -0.05) is 42.5 Å². The molecule has 18 heavy (non-hydrogen) atoms. The van der Waals surface area contributed by atoms with Crippen LogP contribution in [0, 0.1) is 0 Å². The van der Waals surface area contributed by atoms with E-state index in [1.165, 1.54) is 5.56 Å². The molecule has 0 aliphatic rings. The summed E-state index contributed by atoms with van der Waals surface area (Å²) in [4.78, 5) is 4.39. The number of hydrogen-bond acceptors (Lipinski definition) is 2. The fraction of sp³-hybridized carbons (Fsp3) is 0.133. The molecule has 3 heteroatoms. The van der Waals surface area contributed by atoms with Gasteiger partial charge in [-0.2, -0.15) is 0 Å². The molecule has 0 radical (unpaired) electrons. The third kappa shape index (κ3) is 1.89. The average Bonchev–Trinajstić information content (AvgIpc) is 2.83. The van der Waals surface area contributed by atoms with Gasteiger partial charge in [-0.15, -0.1) is 0 Å². The number of aliphatic hydroxyl groups excluding tert-OH is 1. The van der Waals surface area contributed by atoms with Crippen molar-refractivity contribution in [2.45, 2.75) is 13.2 Å². The molecule has 0 aliphatic heterocycles. The van der Waals surface area contributed by atoms with Gasteiger partial charge < -0.3 is 9.67 Å². The third-order valence-corrected chi connectivity index (χ3v) is 3.10. The van der Waals surface area contributed by atoms with Gasteiger partial charge in [0.15, 0.2) is 0 Å². The van der Waals surface area contributed by atoms with Crippen LogP contribution >= 0.6 is 0 Å². The molecule has 3 aromatic rings. The number of imidazole rings is 1. The Balaban J connectivity index is 2.03. The lowest BCUT2D eigenvalue weighted by atomic mass is 10.2. The van der Waals surface area contributed by atoms with Gasteiger partial charge >= 0.3 is 0 Å². The van der Waals surface area contributed by atoms with Crippen LogP contribution in [0.3, 0.4) is 0 Å². The van der Waals surface area contributed by atoms with Crippen molar-refractivity contribution in [3.05, 3.63) is 66.0 Å². The molecule has 1 N–H and O–H groups in total. The van der Waals surface area contributed by atoms with Gasteiger partial charge in [0.05, 0.1) is 24.0 Å². The molecule has 1 heterocycles. The van der Waals surface area contributed by atoms with Gasteiger partial charge in [0.25, 0.3) is 0 Å². The maximum atomic E-state index is 9.29. The van der Waals surface area contributed by atoms with E-state index in [1.54, 1.807) is 0 Å². The number of rotatable bonds is 3. The average molecular weight is 238 g/mol. The highest BCUT2D eigenvalue weighted by Crippen LogP contribution is 2.18. The smallest absolute Gasteiger partial charge is 0.0961 e. The first-order valence-electron chi connectivity index (χ1n) is 5.96. The van der Waals surface area contributed by atoms with E-state index < -0.39 is 0 Å². The largest absolute Gasteiger partial charge is 0.392 e. The van der Waals surface area contributed by atoms with Crippen molar-refractivity contribution in [3.63, 3.8) is 0 Å². The van der Waals surface area contributed by atoms with Crippen molar-refractivity contribution in [2.75, 3.05) is 0 Å². The Hall–Kier alpha value is -2.13. The summed E-state index contributed by atoms with van der Waals surface area (Å²) in [6, 6.07) is 16.2. The minimum absolute atomic E-state index is 0.0275. The standard InChI is InChI=1S/C15H14N2O/c18-10-13-7-4-8-14-15(13)16-11-17(14)9-12-5-2-1-3-6-12/h1-8,11,18H,9-10H2. The zero-order valence-electron chi connectivity index (χ0n) is 9.95. The molecule has 3 rings (SSSR count). The van der Waals surface area contributed by atoms with Crippen molar-refractivity contribution < 1.29 is 5.11 Å². The number of fused-ring (bicyclic) bond motifs is 1. The molecule has 2 aromatic carbocycles. The van der Waals surface area contributed by atoms with Crippen LogP contribution in [0.1, 0.15) is 11.1 Å². The summed E-state index contributed by atoms with van der Waals surface area (Å²) < 4.78 is 2.10. The van der Waals surface area contributed by atoms with Crippen LogP contribution in [-0.2, 0) is 13.2 Å². The molecule has 3 nitrogen and oxygen atoms in total. The van der Waals surface area contributed by atoms with E-state index in [0.29, 0.717) is 0 Å². The lowest BCUT2D eigenvalue weighted by molar-refractivity contribution is 0.283. The number of aliphatic hydroxyl groups is 1. The molecule has 0 bridgehead atoms. The SMILES string of the molecule is OCc1cccc2c1ncn2Cc1ccccc1. The summed E-state index contributed by atoms with van der Waals surface area (Å²) in [6.07, 6.45) is 1.83. The molecule has 0 aliphatic carbocycles. The van der Waals surface area contributed by atoms with Crippen molar-refractivity contribution in [1.82, 2.24) is 9.55 Å². The highest BCUT2D eigenvalue weighted by atomic mass is 16.3. The summed E-state index contributed by atoms with van der Waals surface area (Å²) >= 11 is 0. The monoisotopic (exact) mass is 238 g/mol. The van der Waals surface area contributed by atoms with Crippen molar-refractivity contribution >= 4 is 11.0 Å².